The number of aryl methyl sites for hydroxylation is 1. The smallest absolute Gasteiger partial charge is 0.223 e. The van der Waals surface area contributed by atoms with E-state index in [-0.39, 0.29) is 0 Å². The first kappa shape index (κ1) is 13.2. The Morgan fingerprint density at radius 2 is 2.15 bits per heavy atom. The van der Waals surface area contributed by atoms with Crippen LogP contribution in [0.15, 0.2) is 29.0 Å². The zero-order valence-electron chi connectivity index (χ0n) is 12.0. The van der Waals surface area contributed by atoms with E-state index in [2.05, 4.69) is 39.1 Å². The third kappa shape index (κ3) is 2.72. The van der Waals surface area contributed by atoms with Gasteiger partial charge in [0.25, 0.3) is 0 Å². The number of rotatable bonds is 3. The molecule has 0 aromatic carbocycles. The Hall–Kier alpha value is -1.75. The van der Waals surface area contributed by atoms with Gasteiger partial charge in [0.2, 0.25) is 5.89 Å². The third-order valence-electron chi connectivity index (χ3n) is 4.10. The van der Waals surface area contributed by atoms with Gasteiger partial charge in [-0.15, -0.1) is 0 Å². The Labute approximate surface area is 119 Å². The summed E-state index contributed by atoms with van der Waals surface area (Å²) in [5, 5.41) is 4.08. The summed E-state index contributed by atoms with van der Waals surface area (Å²) >= 11 is 0. The number of likely N-dealkylation sites (tertiary alicyclic amines) is 1. The van der Waals surface area contributed by atoms with Crippen LogP contribution in [0.4, 0.5) is 0 Å². The van der Waals surface area contributed by atoms with Crippen LogP contribution in [0.3, 0.4) is 0 Å². The molecule has 3 heterocycles. The van der Waals surface area contributed by atoms with E-state index in [1.54, 1.807) is 0 Å². The van der Waals surface area contributed by atoms with Crippen molar-refractivity contribution in [2.75, 3.05) is 13.1 Å². The van der Waals surface area contributed by atoms with Crippen LogP contribution in [0, 0.1) is 6.92 Å². The fourth-order valence-electron chi connectivity index (χ4n) is 2.90. The van der Waals surface area contributed by atoms with E-state index in [0.717, 1.165) is 25.3 Å². The predicted molar refractivity (Wildman–Crippen MR) is 75.2 cm³/mol. The van der Waals surface area contributed by atoms with Gasteiger partial charge in [-0.05, 0) is 44.0 Å². The minimum absolute atomic E-state index is 0.380. The lowest BCUT2D eigenvalue weighted by molar-refractivity contribution is 0.154. The van der Waals surface area contributed by atoms with Crippen LogP contribution < -0.4 is 0 Å². The summed E-state index contributed by atoms with van der Waals surface area (Å²) in [5.74, 6) is 1.89. The van der Waals surface area contributed by atoms with Crippen molar-refractivity contribution < 1.29 is 4.52 Å². The first-order valence-electron chi connectivity index (χ1n) is 7.18. The number of hydrogen-bond donors (Lipinski definition) is 0. The maximum Gasteiger partial charge on any atom is 0.223 e. The fourth-order valence-corrected chi connectivity index (χ4v) is 2.90. The van der Waals surface area contributed by atoms with Crippen molar-refractivity contribution in [2.24, 2.45) is 0 Å². The Kier molecular flexibility index (Phi) is 3.78. The molecular formula is C15H20N4O. The van der Waals surface area contributed by atoms with E-state index in [1.807, 2.05) is 19.3 Å². The molecule has 1 fully saturated rings. The number of nitrogens with zero attached hydrogens (tertiary/aromatic N) is 4. The van der Waals surface area contributed by atoms with Crippen LogP contribution in [0.25, 0.3) is 0 Å². The second-order valence-electron chi connectivity index (χ2n) is 5.46. The number of pyridine rings is 1. The average Bonchev–Trinajstić information content (AvgIpc) is 2.94. The maximum absolute atomic E-state index is 5.11. The molecule has 1 aliphatic heterocycles. The van der Waals surface area contributed by atoms with Gasteiger partial charge in [0.1, 0.15) is 0 Å². The van der Waals surface area contributed by atoms with Gasteiger partial charge in [-0.25, -0.2) is 0 Å². The molecule has 0 aliphatic carbocycles. The van der Waals surface area contributed by atoms with Gasteiger partial charge in [-0.2, -0.15) is 4.98 Å². The first-order chi connectivity index (χ1) is 9.74. The van der Waals surface area contributed by atoms with E-state index in [4.69, 9.17) is 4.52 Å². The number of piperidine rings is 1. The van der Waals surface area contributed by atoms with E-state index in [0.29, 0.717) is 17.9 Å². The standard InChI is InChI=1S/C15H20N4O/c1-11(13-5-7-16-8-6-13)19-9-3-4-14(10-19)15-17-12(2)20-18-15/h5-8,11,14H,3-4,9-10H2,1-2H3/t11-,14-/m0/s1. The van der Waals surface area contributed by atoms with Gasteiger partial charge in [-0.3, -0.25) is 9.88 Å². The molecule has 5 heteroatoms. The average molecular weight is 272 g/mol. The molecule has 0 spiro atoms. The molecule has 1 aliphatic rings. The van der Waals surface area contributed by atoms with Gasteiger partial charge < -0.3 is 4.52 Å². The van der Waals surface area contributed by atoms with E-state index in [9.17, 15) is 0 Å². The molecule has 0 amide bonds. The highest BCUT2D eigenvalue weighted by Gasteiger charge is 2.27. The van der Waals surface area contributed by atoms with Gasteiger partial charge >= 0.3 is 0 Å². The molecule has 5 nitrogen and oxygen atoms in total. The molecule has 2 aromatic rings. The number of hydrogen-bond acceptors (Lipinski definition) is 5. The van der Waals surface area contributed by atoms with E-state index in [1.165, 1.54) is 12.0 Å². The Morgan fingerprint density at radius 1 is 1.35 bits per heavy atom. The molecular weight excluding hydrogens is 252 g/mol. The quantitative estimate of drug-likeness (QED) is 0.860. The Morgan fingerprint density at radius 3 is 2.85 bits per heavy atom. The van der Waals surface area contributed by atoms with Gasteiger partial charge in [-0.1, -0.05) is 5.16 Å². The summed E-state index contributed by atoms with van der Waals surface area (Å²) in [7, 11) is 0. The van der Waals surface area contributed by atoms with Crippen LogP contribution in [0.1, 0.15) is 49.0 Å². The molecule has 0 radical (unpaired) electrons. The summed E-state index contributed by atoms with van der Waals surface area (Å²) < 4.78 is 5.11. The van der Waals surface area contributed by atoms with Crippen LogP contribution in [-0.2, 0) is 0 Å². The number of aromatic nitrogens is 3. The van der Waals surface area contributed by atoms with Crippen molar-refractivity contribution in [3.05, 3.63) is 41.8 Å². The fraction of sp³-hybridized carbons (Fsp3) is 0.533. The molecule has 1 saturated heterocycles. The topological polar surface area (TPSA) is 55.1 Å². The first-order valence-corrected chi connectivity index (χ1v) is 7.18. The highest BCUT2D eigenvalue weighted by atomic mass is 16.5. The second-order valence-corrected chi connectivity index (χ2v) is 5.46. The molecule has 0 N–H and O–H groups in total. The van der Waals surface area contributed by atoms with Crippen molar-refractivity contribution in [1.82, 2.24) is 20.0 Å². The zero-order chi connectivity index (χ0) is 13.9. The summed E-state index contributed by atoms with van der Waals surface area (Å²) in [6.07, 6.45) is 6.03. The molecule has 106 valence electrons. The van der Waals surface area contributed by atoms with Crippen LogP contribution in [-0.4, -0.2) is 33.1 Å². The molecule has 20 heavy (non-hydrogen) atoms. The zero-order valence-corrected chi connectivity index (χ0v) is 12.0. The predicted octanol–water partition coefficient (Wildman–Crippen LogP) is 2.71. The van der Waals surface area contributed by atoms with Gasteiger partial charge in [0.05, 0.1) is 0 Å². The Balaban J connectivity index is 1.72. The van der Waals surface area contributed by atoms with E-state index < -0.39 is 0 Å². The highest BCUT2D eigenvalue weighted by molar-refractivity contribution is 5.15. The Bertz CT molecular complexity index is 554. The third-order valence-corrected chi connectivity index (χ3v) is 4.10. The molecule has 0 bridgehead atoms. The van der Waals surface area contributed by atoms with Crippen molar-refractivity contribution in [2.45, 2.75) is 38.6 Å². The monoisotopic (exact) mass is 272 g/mol. The molecule has 0 unspecified atom stereocenters. The highest BCUT2D eigenvalue weighted by Crippen LogP contribution is 2.30. The SMILES string of the molecule is Cc1nc([C@H]2CCCN([C@@H](C)c3ccncc3)C2)no1. The largest absolute Gasteiger partial charge is 0.340 e. The summed E-state index contributed by atoms with van der Waals surface area (Å²) in [6, 6.07) is 4.58. The van der Waals surface area contributed by atoms with Gasteiger partial charge in [0, 0.05) is 37.8 Å². The lowest BCUT2D eigenvalue weighted by Crippen LogP contribution is -2.36. The molecule has 2 aromatic heterocycles. The second kappa shape index (κ2) is 5.71. The van der Waals surface area contributed by atoms with Crippen LogP contribution >= 0.6 is 0 Å². The van der Waals surface area contributed by atoms with Crippen molar-refractivity contribution in [3.63, 3.8) is 0 Å². The minimum Gasteiger partial charge on any atom is -0.340 e. The lowest BCUT2D eigenvalue weighted by atomic mass is 9.95. The van der Waals surface area contributed by atoms with Crippen molar-refractivity contribution >= 4 is 0 Å². The van der Waals surface area contributed by atoms with E-state index >= 15 is 0 Å². The van der Waals surface area contributed by atoms with Crippen molar-refractivity contribution in [1.29, 1.82) is 0 Å². The van der Waals surface area contributed by atoms with Crippen LogP contribution in [0.5, 0.6) is 0 Å². The summed E-state index contributed by atoms with van der Waals surface area (Å²) in [4.78, 5) is 11.0. The minimum atomic E-state index is 0.380. The normalized spacial score (nSPS) is 21.8. The molecule has 0 saturated carbocycles. The van der Waals surface area contributed by atoms with Crippen molar-refractivity contribution in [3.8, 4) is 0 Å². The molecule has 2 atom stereocenters. The van der Waals surface area contributed by atoms with Crippen LogP contribution in [0.2, 0.25) is 0 Å². The lowest BCUT2D eigenvalue weighted by Gasteiger charge is -2.35. The summed E-state index contributed by atoms with van der Waals surface area (Å²) in [5.41, 5.74) is 1.31. The van der Waals surface area contributed by atoms with Gasteiger partial charge in [0.15, 0.2) is 5.82 Å². The summed E-state index contributed by atoms with van der Waals surface area (Å²) in [6.45, 7) is 6.20. The molecule has 3 rings (SSSR count). The maximum atomic E-state index is 5.11.